The van der Waals surface area contributed by atoms with Crippen LogP contribution in [0.5, 0.6) is 0 Å². The van der Waals surface area contributed by atoms with Crippen molar-refractivity contribution in [3.05, 3.63) is 70.9 Å². The number of amides is 1. The predicted molar refractivity (Wildman–Crippen MR) is 121 cm³/mol. The Morgan fingerprint density at radius 2 is 1.71 bits per heavy atom. The Labute approximate surface area is 186 Å². The summed E-state index contributed by atoms with van der Waals surface area (Å²) in [7, 11) is 1.95. The summed E-state index contributed by atoms with van der Waals surface area (Å²) in [5, 5.41) is 1.58. The number of rotatable bonds is 5. The summed E-state index contributed by atoms with van der Waals surface area (Å²) in [4.78, 5) is 29.9. The molecule has 0 spiro atoms. The van der Waals surface area contributed by atoms with Gasteiger partial charge in [0.2, 0.25) is 0 Å². The van der Waals surface area contributed by atoms with E-state index in [9.17, 15) is 9.59 Å². The zero-order valence-corrected chi connectivity index (χ0v) is 18.5. The molecule has 31 heavy (non-hydrogen) atoms. The number of carbonyl (C=O) groups is 2. The zero-order chi connectivity index (χ0) is 22.0. The molecule has 1 atom stereocenters. The van der Waals surface area contributed by atoms with Crippen LogP contribution in [-0.2, 0) is 16.6 Å². The van der Waals surface area contributed by atoms with Gasteiger partial charge in [0.25, 0.3) is 5.91 Å². The lowest BCUT2D eigenvalue weighted by atomic mass is 10.0. The van der Waals surface area contributed by atoms with Gasteiger partial charge in [-0.2, -0.15) is 0 Å². The number of ether oxygens (including phenoxy) is 1. The second-order valence-electron chi connectivity index (χ2n) is 7.71. The smallest absolute Gasteiger partial charge is 0.328 e. The summed E-state index contributed by atoms with van der Waals surface area (Å²) in [6.07, 6.45) is 1.90. The SMILES string of the molecule is CCOC(=O)[C@@H](c1ccc(Cl)cc1)N1CCN(C(=O)c2cn(C)c3ccccc23)CC1. The Morgan fingerprint density at radius 3 is 2.39 bits per heavy atom. The highest BCUT2D eigenvalue weighted by molar-refractivity contribution is 6.30. The lowest BCUT2D eigenvalue weighted by Crippen LogP contribution is -2.51. The minimum Gasteiger partial charge on any atom is -0.465 e. The van der Waals surface area contributed by atoms with Gasteiger partial charge in [0, 0.05) is 55.3 Å². The molecule has 2 heterocycles. The van der Waals surface area contributed by atoms with Crippen LogP contribution < -0.4 is 0 Å². The van der Waals surface area contributed by atoms with Crippen molar-refractivity contribution in [1.82, 2.24) is 14.4 Å². The van der Waals surface area contributed by atoms with Crippen LogP contribution in [0, 0.1) is 0 Å². The molecule has 0 bridgehead atoms. The first-order chi connectivity index (χ1) is 15.0. The summed E-state index contributed by atoms with van der Waals surface area (Å²) < 4.78 is 7.32. The minimum atomic E-state index is -0.507. The van der Waals surface area contributed by atoms with Gasteiger partial charge in [0.05, 0.1) is 12.2 Å². The molecule has 2 aromatic carbocycles. The average molecular weight is 440 g/mol. The van der Waals surface area contributed by atoms with Gasteiger partial charge in [-0.1, -0.05) is 41.9 Å². The van der Waals surface area contributed by atoms with Crippen LogP contribution in [0.1, 0.15) is 28.9 Å². The molecule has 1 saturated heterocycles. The quantitative estimate of drug-likeness (QED) is 0.566. The first-order valence-electron chi connectivity index (χ1n) is 10.5. The van der Waals surface area contributed by atoms with E-state index in [1.807, 2.05) is 59.1 Å². The number of halogens is 1. The second-order valence-corrected chi connectivity index (χ2v) is 8.14. The molecule has 1 aliphatic rings. The maximum absolute atomic E-state index is 13.2. The van der Waals surface area contributed by atoms with Crippen LogP contribution in [-0.4, -0.2) is 59.0 Å². The van der Waals surface area contributed by atoms with Gasteiger partial charge in [-0.15, -0.1) is 0 Å². The Hall–Kier alpha value is -2.83. The number of hydrogen-bond donors (Lipinski definition) is 0. The lowest BCUT2D eigenvalue weighted by Gasteiger charge is -2.38. The van der Waals surface area contributed by atoms with Crippen molar-refractivity contribution in [3.8, 4) is 0 Å². The van der Waals surface area contributed by atoms with Crippen molar-refractivity contribution < 1.29 is 14.3 Å². The predicted octanol–water partition coefficient (Wildman–Crippen LogP) is 3.89. The van der Waals surface area contributed by atoms with Crippen molar-refractivity contribution in [2.45, 2.75) is 13.0 Å². The summed E-state index contributed by atoms with van der Waals surface area (Å²) >= 11 is 6.02. The van der Waals surface area contributed by atoms with E-state index in [-0.39, 0.29) is 11.9 Å². The summed E-state index contributed by atoms with van der Waals surface area (Å²) in [5.74, 6) is -0.255. The van der Waals surface area contributed by atoms with Crippen LogP contribution in [0.4, 0.5) is 0 Å². The maximum Gasteiger partial charge on any atom is 0.328 e. The third kappa shape index (κ3) is 4.31. The van der Waals surface area contributed by atoms with Crippen molar-refractivity contribution in [2.24, 2.45) is 7.05 Å². The van der Waals surface area contributed by atoms with E-state index in [1.54, 1.807) is 19.1 Å². The van der Waals surface area contributed by atoms with Crippen molar-refractivity contribution in [3.63, 3.8) is 0 Å². The number of carbonyl (C=O) groups excluding carboxylic acids is 2. The fraction of sp³-hybridized carbons (Fsp3) is 0.333. The molecule has 1 fully saturated rings. The zero-order valence-electron chi connectivity index (χ0n) is 17.8. The highest BCUT2D eigenvalue weighted by atomic mass is 35.5. The number of benzene rings is 2. The van der Waals surface area contributed by atoms with Crippen molar-refractivity contribution in [1.29, 1.82) is 0 Å². The van der Waals surface area contributed by atoms with E-state index < -0.39 is 6.04 Å². The van der Waals surface area contributed by atoms with E-state index in [2.05, 4.69) is 4.90 Å². The normalized spacial score (nSPS) is 15.8. The number of fused-ring (bicyclic) bond motifs is 1. The van der Waals surface area contributed by atoms with Gasteiger partial charge in [-0.05, 0) is 30.7 Å². The Balaban J connectivity index is 1.51. The molecule has 162 valence electrons. The number of para-hydroxylation sites is 1. The second kappa shape index (κ2) is 9.12. The largest absolute Gasteiger partial charge is 0.465 e. The molecule has 0 unspecified atom stereocenters. The molecule has 0 N–H and O–H groups in total. The highest BCUT2D eigenvalue weighted by Crippen LogP contribution is 2.27. The van der Waals surface area contributed by atoms with E-state index in [4.69, 9.17) is 16.3 Å². The van der Waals surface area contributed by atoms with E-state index in [0.29, 0.717) is 43.4 Å². The van der Waals surface area contributed by atoms with Crippen LogP contribution in [0.3, 0.4) is 0 Å². The number of hydrogen-bond acceptors (Lipinski definition) is 4. The molecular weight excluding hydrogens is 414 g/mol. The molecule has 0 radical (unpaired) electrons. The fourth-order valence-electron chi connectivity index (χ4n) is 4.23. The topological polar surface area (TPSA) is 54.8 Å². The van der Waals surface area contributed by atoms with Crippen LogP contribution in [0.25, 0.3) is 10.9 Å². The van der Waals surface area contributed by atoms with E-state index >= 15 is 0 Å². The van der Waals surface area contributed by atoms with Crippen molar-refractivity contribution >= 4 is 34.4 Å². The third-order valence-corrected chi connectivity index (χ3v) is 6.04. The first kappa shape index (κ1) is 21.4. The molecule has 1 amide bonds. The number of piperazine rings is 1. The summed E-state index contributed by atoms with van der Waals surface area (Å²) in [6.45, 7) is 4.39. The molecule has 0 aliphatic carbocycles. The summed E-state index contributed by atoms with van der Waals surface area (Å²) in [6, 6.07) is 14.7. The number of nitrogens with zero attached hydrogens (tertiary/aromatic N) is 3. The van der Waals surface area contributed by atoms with Gasteiger partial charge in [0.1, 0.15) is 6.04 Å². The number of aromatic nitrogens is 1. The van der Waals surface area contributed by atoms with Gasteiger partial charge in [0.15, 0.2) is 0 Å². The average Bonchev–Trinajstić information content (AvgIpc) is 3.12. The highest BCUT2D eigenvalue weighted by Gasteiger charge is 2.33. The first-order valence-corrected chi connectivity index (χ1v) is 10.9. The van der Waals surface area contributed by atoms with Crippen molar-refractivity contribution in [2.75, 3.05) is 32.8 Å². The third-order valence-electron chi connectivity index (χ3n) is 5.79. The Morgan fingerprint density at radius 1 is 1.03 bits per heavy atom. The molecule has 7 heteroatoms. The van der Waals surface area contributed by atoms with Crippen LogP contribution in [0.15, 0.2) is 54.7 Å². The monoisotopic (exact) mass is 439 g/mol. The van der Waals surface area contributed by atoms with E-state index in [1.165, 1.54) is 0 Å². The van der Waals surface area contributed by atoms with Gasteiger partial charge < -0.3 is 14.2 Å². The van der Waals surface area contributed by atoms with Crippen LogP contribution >= 0.6 is 11.6 Å². The minimum absolute atomic E-state index is 0.0237. The lowest BCUT2D eigenvalue weighted by molar-refractivity contribution is -0.150. The Kier molecular flexibility index (Phi) is 6.30. The molecule has 6 nitrogen and oxygen atoms in total. The van der Waals surface area contributed by atoms with Gasteiger partial charge in [-0.3, -0.25) is 9.69 Å². The molecule has 4 rings (SSSR count). The van der Waals surface area contributed by atoms with Gasteiger partial charge in [-0.25, -0.2) is 4.79 Å². The number of esters is 1. The molecule has 0 saturated carbocycles. The van der Waals surface area contributed by atoms with E-state index in [0.717, 1.165) is 16.5 Å². The van der Waals surface area contributed by atoms with Gasteiger partial charge >= 0.3 is 5.97 Å². The number of aryl methyl sites for hydroxylation is 1. The standard InChI is InChI=1S/C24H26ClN3O3/c1-3-31-24(30)22(17-8-10-18(25)11-9-17)27-12-14-28(15-13-27)23(29)20-16-26(2)21-7-5-4-6-19(20)21/h4-11,16,22H,3,12-15H2,1-2H3/t22-/m1/s1. The molecular formula is C24H26ClN3O3. The Bertz CT molecular complexity index is 1090. The summed E-state index contributed by atoms with van der Waals surface area (Å²) in [5.41, 5.74) is 2.59. The fourth-order valence-corrected chi connectivity index (χ4v) is 4.35. The molecule has 1 aromatic heterocycles. The molecule has 3 aromatic rings. The van der Waals surface area contributed by atoms with Crippen LogP contribution in [0.2, 0.25) is 5.02 Å². The molecule has 1 aliphatic heterocycles. The maximum atomic E-state index is 13.2.